The van der Waals surface area contributed by atoms with Crippen molar-refractivity contribution in [2.45, 2.75) is 44.9 Å². The molecule has 2 aromatic carbocycles. The second-order valence-electron chi connectivity index (χ2n) is 8.03. The third kappa shape index (κ3) is 4.74. The molecule has 1 aliphatic rings. The molecular weight excluding hydrogens is 422 g/mol. The number of carbonyl (C=O) groups excluding carboxylic acids is 1. The SMILES string of the molecule is COc1cc(C=Nn2c(C3CCCCC3)nc3ccccc3c2=O)cc(OC)c1OC(C)=O. The first-order valence-electron chi connectivity index (χ1n) is 11.0. The molecule has 8 nitrogen and oxygen atoms in total. The molecule has 0 bridgehead atoms. The summed E-state index contributed by atoms with van der Waals surface area (Å²) in [5.41, 5.74) is 1.10. The minimum atomic E-state index is -0.487. The number of aromatic nitrogens is 2. The van der Waals surface area contributed by atoms with E-state index < -0.39 is 5.97 Å². The number of para-hydroxylation sites is 1. The number of esters is 1. The largest absolute Gasteiger partial charge is 0.493 e. The van der Waals surface area contributed by atoms with E-state index in [1.807, 2.05) is 18.2 Å². The second kappa shape index (κ2) is 9.85. The van der Waals surface area contributed by atoms with E-state index in [0.717, 1.165) is 25.7 Å². The minimum Gasteiger partial charge on any atom is -0.493 e. The Hall–Kier alpha value is -3.68. The molecule has 0 aliphatic heterocycles. The first-order chi connectivity index (χ1) is 16.0. The van der Waals surface area contributed by atoms with Crippen molar-refractivity contribution in [2.75, 3.05) is 14.2 Å². The van der Waals surface area contributed by atoms with Crippen molar-refractivity contribution >= 4 is 23.1 Å². The average molecular weight is 450 g/mol. The van der Waals surface area contributed by atoms with Gasteiger partial charge in [-0.05, 0) is 37.1 Å². The predicted octanol–water partition coefficient (Wildman–Crippen LogP) is 4.27. The van der Waals surface area contributed by atoms with Gasteiger partial charge in [0.1, 0.15) is 5.82 Å². The number of ether oxygens (including phenoxy) is 3. The van der Waals surface area contributed by atoms with Crippen LogP contribution in [0.4, 0.5) is 0 Å². The van der Waals surface area contributed by atoms with E-state index in [1.165, 1.54) is 32.2 Å². The Morgan fingerprint density at radius 2 is 1.76 bits per heavy atom. The highest BCUT2D eigenvalue weighted by Gasteiger charge is 2.22. The Labute approximate surface area is 191 Å². The summed E-state index contributed by atoms with van der Waals surface area (Å²) in [4.78, 5) is 29.6. The predicted molar refractivity (Wildman–Crippen MR) is 126 cm³/mol. The summed E-state index contributed by atoms with van der Waals surface area (Å²) in [7, 11) is 2.95. The average Bonchev–Trinajstić information content (AvgIpc) is 2.84. The molecule has 172 valence electrons. The fourth-order valence-electron chi connectivity index (χ4n) is 4.22. The summed E-state index contributed by atoms with van der Waals surface area (Å²) < 4.78 is 17.4. The van der Waals surface area contributed by atoms with Gasteiger partial charge in [-0.3, -0.25) is 9.59 Å². The molecule has 0 saturated heterocycles. The maximum absolute atomic E-state index is 13.3. The van der Waals surface area contributed by atoms with Crippen molar-refractivity contribution in [1.29, 1.82) is 0 Å². The number of nitrogens with zero attached hydrogens (tertiary/aromatic N) is 3. The number of benzene rings is 2. The van der Waals surface area contributed by atoms with Crippen LogP contribution >= 0.6 is 0 Å². The van der Waals surface area contributed by atoms with E-state index in [4.69, 9.17) is 19.2 Å². The van der Waals surface area contributed by atoms with Gasteiger partial charge in [0.05, 0.1) is 31.3 Å². The van der Waals surface area contributed by atoms with Crippen LogP contribution in [0.3, 0.4) is 0 Å². The van der Waals surface area contributed by atoms with Crippen molar-refractivity contribution < 1.29 is 19.0 Å². The fourth-order valence-corrected chi connectivity index (χ4v) is 4.22. The monoisotopic (exact) mass is 449 g/mol. The molecule has 33 heavy (non-hydrogen) atoms. The zero-order chi connectivity index (χ0) is 23.4. The topological polar surface area (TPSA) is 92.0 Å². The van der Waals surface area contributed by atoms with Crippen LogP contribution in [0.25, 0.3) is 10.9 Å². The van der Waals surface area contributed by atoms with Gasteiger partial charge in [-0.15, -0.1) is 0 Å². The lowest BCUT2D eigenvalue weighted by Crippen LogP contribution is -2.25. The third-order valence-corrected chi connectivity index (χ3v) is 5.80. The van der Waals surface area contributed by atoms with Crippen LogP contribution in [-0.2, 0) is 4.79 Å². The molecule has 0 radical (unpaired) electrons. The van der Waals surface area contributed by atoms with Crippen LogP contribution in [0.15, 0.2) is 46.3 Å². The molecule has 1 aliphatic carbocycles. The highest BCUT2D eigenvalue weighted by Crippen LogP contribution is 2.38. The van der Waals surface area contributed by atoms with Crippen LogP contribution in [0.2, 0.25) is 0 Å². The maximum Gasteiger partial charge on any atom is 0.308 e. The summed E-state index contributed by atoms with van der Waals surface area (Å²) in [6.07, 6.45) is 6.96. The Kier molecular flexibility index (Phi) is 6.72. The quantitative estimate of drug-likeness (QED) is 0.317. The van der Waals surface area contributed by atoms with Gasteiger partial charge in [0, 0.05) is 18.4 Å². The highest BCUT2D eigenvalue weighted by molar-refractivity contribution is 5.84. The van der Waals surface area contributed by atoms with E-state index in [0.29, 0.717) is 33.8 Å². The molecule has 1 heterocycles. The number of fused-ring (bicyclic) bond motifs is 1. The lowest BCUT2D eigenvalue weighted by atomic mass is 9.88. The Morgan fingerprint density at radius 3 is 2.39 bits per heavy atom. The Morgan fingerprint density at radius 1 is 1.09 bits per heavy atom. The van der Waals surface area contributed by atoms with E-state index in [-0.39, 0.29) is 17.2 Å². The molecule has 3 aromatic rings. The summed E-state index contributed by atoms with van der Waals surface area (Å²) in [5.74, 6) is 1.22. The zero-order valence-electron chi connectivity index (χ0n) is 19.0. The Bertz CT molecular complexity index is 1230. The van der Waals surface area contributed by atoms with E-state index in [1.54, 1.807) is 24.4 Å². The fraction of sp³-hybridized carbons (Fsp3) is 0.360. The summed E-state index contributed by atoms with van der Waals surface area (Å²) >= 11 is 0. The van der Waals surface area contributed by atoms with Gasteiger partial charge in [0.2, 0.25) is 5.75 Å². The molecular formula is C25H27N3O5. The number of methoxy groups -OCH3 is 2. The van der Waals surface area contributed by atoms with Crippen molar-refractivity contribution in [3.63, 3.8) is 0 Å². The molecule has 0 N–H and O–H groups in total. The van der Waals surface area contributed by atoms with Gasteiger partial charge in [-0.2, -0.15) is 9.78 Å². The van der Waals surface area contributed by atoms with E-state index in [2.05, 4.69) is 5.10 Å². The molecule has 1 saturated carbocycles. The molecule has 0 spiro atoms. The van der Waals surface area contributed by atoms with Crippen LogP contribution < -0.4 is 19.8 Å². The van der Waals surface area contributed by atoms with Crippen molar-refractivity contribution in [3.05, 3.63) is 58.1 Å². The van der Waals surface area contributed by atoms with Gasteiger partial charge in [-0.25, -0.2) is 4.98 Å². The van der Waals surface area contributed by atoms with Gasteiger partial charge < -0.3 is 14.2 Å². The molecule has 4 rings (SSSR count). The molecule has 8 heteroatoms. The molecule has 0 amide bonds. The van der Waals surface area contributed by atoms with Crippen LogP contribution in [0, 0.1) is 0 Å². The number of hydrogen-bond donors (Lipinski definition) is 0. The van der Waals surface area contributed by atoms with Gasteiger partial charge >= 0.3 is 5.97 Å². The Balaban J connectivity index is 1.81. The first-order valence-corrected chi connectivity index (χ1v) is 11.0. The van der Waals surface area contributed by atoms with Gasteiger partial charge in [0.25, 0.3) is 5.56 Å². The maximum atomic E-state index is 13.3. The minimum absolute atomic E-state index is 0.184. The second-order valence-corrected chi connectivity index (χ2v) is 8.03. The van der Waals surface area contributed by atoms with Crippen LogP contribution in [-0.4, -0.2) is 36.1 Å². The molecule has 0 atom stereocenters. The summed E-state index contributed by atoms with van der Waals surface area (Å²) in [6, 6.07) is 10.7. The molecule has 0 unspecified atom stereocenters. The van der Waals surface area contributed by atoms with Crippen LogP contribution in [0.1, 0.15) is 56.3 Å². The molecule has 1 fully saturated rings. The number of carbonyl (C=O) groups is 1. The highest BCUT2D eigenvalue weighted by atomic mass is 16.6. The van der Waals surface area contributed by atoms with E-state index >= 15 is 0 Å². The molecule has 1 aromatic heterocycles. The first kappa shape index (κ1) is 22.5. The van der Waals surface area contributed by atoms with E-state index in [9.17, 15) is 9.59 Å². The van der Waals surface area contributed by atoms with Crippen LogP contribution in [0.5, 0.6) is 17.2 Å². The van der Waals surface area contributed by atoms with Gasteiger partial charge in [-0.1, -0.05) is 31.4 Å². The number of hydrogen-bond acceptors (Lipinski definition) is 7. The summed E-state index contributed by atoms with van der Waals surface area (Å²) in [6.45, 7) is 1.31. The summed E-state index contributed by atoms with van der Waals surface area (Å²) in [5, 5.41) is 5.06. The normalized spacial score (nSPS) is 14.5. The smallest absolute Gasteiger partial charge is 0.308 e. The number of rotatable bonds is 6. The van der Waals surface area contributed by atoms with Crippen molar-refractivity contribution in [1.82, 2.24) is 9.66 Å². The standard InChI is InChI=1S/C25H27N3O5/c1-16(29)33-23-21(31-2)13-17(14-22(23)32-3)15-26-28-24(18-9-5-4-6-10-18)27-20-12-8-7-11-19(20)25(28)30/h7-8,11-15,18H,4-6,9-10H2,1-3H3. The lowest BCUT2D eigenvalue weighted by Gasteiger charge is -2.22. The van der Waals surface area contributed by atoms with Crippen molar-refractivity contribution in [3.8, 4) is 17.2 Å². The van der Waals surface area contributed by atoms with Crippen molar-refractivity contribution in [2.24, 2.45) is 5.10 Å². The third-order valence-electron chi connectivity index (χ3n) is 5.80. The lowest BCUT2D eigenvalue weighted by molar-refractivity contribution is -0.132. The zero-order valence-corrected chi connectivity index (χ0v) is 19.0. The van der Waals surface area contributed by atoms with Gasteiger partial charge in [0.15, 0.2) is 11.5 Å².